The maximum Gasteiger partial charge on any atom is 0.261 e. The van der Waals surface area contributed by atoms with Crippen molar-refractivity contribution in [1.82, 2.24) is 9.97 Å². The van der Waals surface area contributed by atoms with Gasteiger partial charge < -0.3 is 30.5 Å². The molecule has 36 heavy (non-hydrogen) atoms. The first kappa shape index (κ1) is 23.2. The van der Waals surface area contributed by atoms with E-state index < -0.39 is 24.2 Å². The van der Waals surface area contributed by atoms with E-state index in [-0.39, 0.29) is 12.2 Å². The Morgan fingerprint density at radius 2 is 1.86 bits per heavy atom. The summed E-state index contributed by atoms with van der Waals surface area (Å²) in [5.74, 6) is 0.261. The normalized spacial score (nSPS) is 23.7. The highest BCUT2D eigenvalue weighted by atomic mass is 32.1. The van der Waals surface area contributed by atoms with Crippen LogP contribution in [-0.2, 0) is 13.0 Å². The van der Waals surface area contributed by atoms with E-state index in [1.807, 2.05) is 42.5 Å². The predicted molar refractivity (Wildman–Crippen MR) is 141 cm³/mol. The summed E-state index contributed by atoms with van der Waals surface area (Å²) in [6.45, 7) is 1.24. The second kappa shape index (κ2) is 9.33. The number of rotatable bonds is 5. The van der Waals surface area contributed by atoms with E-state index in [1.165, 1.54) is 22.5 Å². The Kier molecular flexibility index (Phi) is 6.00. The van der Waals surface area contributed by atoms with Gasteiger partial charge in [-0.2, -0.15) is 0 Å². The van der Waals surface area contributed by atoms with Gasteiger partial charge in [-0.05, 0) is 36.1 Å². The van der Waals surface area contributed by atoms with Crippen LogP contribution in [0.5, 0.6) is 0 Å². The number of nitrogens with one attached hydrogen (secondary N) is 2. The number of anilines is 2. The monoisotopic (exact) mass is 504 g/mol. The van der Waals surface area contributed by atoms with E-state index in [9.17, 15) is 20.1 Å². The molecule has 1 aliphatic carbocycles. The number of aromatic nitrogens is 2. The van der Waals surface area contributed by atoms with Crippen LogP contribution >= 0.6 is 11.3 Å². The molecule has 186 valence electrons. The van der Waals surface area contributed by atoms with Crippen molar-refractivity contribution in [3.8, 4) is 10.6 Å². The Balaban J connectivity index is 1.42. The molecule has 1 saturated carbocycles. The molecule has 0 radical (unpaired) electrons. The molecule has 2 aromatic heterocycles. The van der Waals surface area contributed by atoms with Crippen LogP contribution in [0.4, 0.5) is 11.5 Å². The fourth-order valence-corrected chi connectivity index (χ4v) is 6.39. The van der Waals surface area contributed by atoms with E-state index in [1.54, 1.807) is 0 Å². The van der Waals surface area contributed by atoms with Crippen LogP contribution < -0.4 is 15.8 Å². The molecule has 8 nitrogen and oxygen atoms in total. The molecule has 0 bridgehead atoms. The van der Waals surface area contributed by atoms with Gasteiger partial charge in [-0.25, -0.2) is 4.98 Å². The molecule has 2 aliphatic rings. The molecule has 0 spiro atoms. The lowest BCUT2D eigenvalue weighted by Gasteiger charge is -2.31. The lowest BCUT2D eigenvalue weighted by molar-refractivity contribution is 0.00448. The Labute approximate surface area is 211 Å². The summed E-state index contributed by atoms with van der Waals surface area (Å²) in [5.41, 5.74) is 4.07. The largest absolute Gasteiger partial charge is 0.396 e. The molecule has 1 fully saturated rings. The SMILES string of the molecule is O=c1[nH]c(N2CCc3ccccc3C2)cc(N[C@@H]2C[C@H](CO)[C@@H](O)[C@H]2O)c1-c1nc2ccccc2s1. The highest BCUT2D eigenvalue weighted by molar-refractivity contribution is 7.21. The number of aromatic amines is 1. The highest BCUT2D eigenvalue weighted by Gasteiger charge is 2.41. The lowest BCUT2D eigenvalue weighted by atomic mass is 10.00. The molecule has 4 atom stereocenters. The first-order chi connectivity index (χ1) is 17.5. The van der Waals surface area contributed by atoms with Crippen LogP contribution in [0.15, 0.2) is 59.4 Å². The van der Waals surface area contributed by atoms with Crippen molar-refractivity contribution in [2.24, 2.45) is 5.92 Å². The molecule has 6 rings (SSSR count). The first-order valence-electron chi connectivity index (χ1n) is 12.2. The zero-order chi connectivity index (χ0) is 24.8. The van der Waals surface area contributed by atoms with Gasteiger partial charge in [0.05, 0.1) is 33.6 Å². The van der Waals surface area contributed by atoms with Crippen LogP contribution in [0.25, 0.3) is 20.8 Å². The maximum absolute atomic E-state index is 13.6. The highest BCUT2D eigenvalue weighted by Crippen LogP contribution is 2.37. The summed E-state index contributed by atoms with van der Waals surface area (Å²) in [4.78, 5) is 23.5. The number of aliphatic hydroxyl groups is 3. The van der Waals surface area contributed by atoms with Crippen molar-refractivity contribution in [2.45, 2.75) is 37.6 Å². The Morgan fingerprint density at radius 3 is 2.64 bits per heavy atom. The number of fused-ring (bicyclic) bond motifs is 2. The number of para-hydroxylation sites is 1. The van der Waals surface area contributed by atoms with E-state index in [4.69, 9.17) is 4.98 Å². The zero-order valence-electron chi connectivity index (χ0n) is 19.6. The predicted octanol–water partition coefficient (Wildman–Crippen LogP) is 2.73. The molecular weight excluding hydrogens is 476 g/mol. The summed E-state index contributed by atoms with van der Waals surface area (Å²) in [6.07, 6.45) is -0.822. The molecule has 1 aliphatic heterocycles. The van der Waals surface area contributed by atoms with Crippen molar-refractivity contribution in [1.29, 1.82) is 0 Å². The van der Waals surface area contributed by atoms with Gasteiger partial charge in [0.1, 0.15) is 16.9 Å². The third kappa shape index (κ3) is 4.08. The van der Waals surface area contributed by atoms with Crippen LogP contribution in [-0.4, -0.2) is 56.7 Å². The molecule has 9 heteroatoms. The van der Waals surface area contributed by atoms with E-state index in [2.05, 4.69) is 27.3 Å². The van der Waals surface area contributed by atoms with Gasteiger partial charge in [-0.15, -0.1) is 11.3 Å². The van der Waals surface area contributed by atoms with Crippen molar-refractivity contribution in [3.63, 3.8) is 0 Å². The number of aliphatic hydroxyl groups excluding tert-OH is 3. The molecule has 0 saturated heterocycles. The average molecular weight is 505 g/mol. The molecule has 0 amide bonds. The first-order valence-corrected chi connectivity index (χ1v) is 13.0. The number of hydrogen-bond donors (Lipinski definition) is 5. The maximum atomic E-state index is 13.6. The molecular formula is C27H28N4O4S. The fraction of sp³-hybridized carbons (Fsp3) is 0.333. The smallest absolute Gasteiger partial charge is 0.261 e. The van der Waals surface area contributed by atoms with Gasteiger partial charge in [0.15, 0.2) is 0 Å². The zero-order valence-corrected chi connectivity index (χ0v) is 20.4. The van der Waals surface area contributed by atoms with Gasteiger partial charge in [0, 0.05) is 31.7 Å². The number of benzene rings is 2. The third-order valence-electron chi connectivity index (χ3n) is 7.38. The summed E-state index contributed by atoms with van der Waals surface area (Å²) in [5, 5.41) is 34.6. The van der Waals surface area contributed by atoms with Crippen molar-refractivity contribution in [2.75, 3.05) is 23.4 Å². The molecule has 0 unspecified atom stereocenters. The minimum absolute atomic E-state index is 0.213. The second-order valence-electron chi connectivity index (χ2n) is 9.61. The Bertz CT molecular complexity index is 1430. The Morgan fingerprint density at radius 1 is 1.08 bits per heavy atom. The van der Waals surface area contributed by atoms with Gasteiger partial charge in [-0.3, -0.25) is 4.79 Å². The molecule has 4 aromatic rings. The summed E-state index contributed by atoms with van der Waals surface area (Å²) < 4.78 is 0.978. The number of pyridine rings is 1. The third-order valence-corrected chi connectivity index (χ3v) is 8.43. The van der Waals surface area contributed by atoms with Crippen molar-refractivity contribution < 1.29 is 15.3 Å². The van der Waals surface area contributed by atoms with Crippen LogP contribution in [0, 0.1) is 5.92 Å². The number of hydrogen-bond acceptors (Lipinski definition) is 8. The summed E-state index contributed by atoms with van der Waals surface area (Å²) in [6, 6.07) is 17.5. The summed E-state index contributed by atoms with van der Waals surface area (Å²) >= 11 is 1.44. The van der Waals surface area contributed by atoms with Crippen molar-refractivity contribution >= 4 is 33.1 Å². The standard InChI is InChI=1S/C27H28N4O4S/c32-14-17-11-20(25(34)24(17)33)28-19-12-22(31-10-9-15-5-1-2-6-16(15)13-31)30-26(35)23(19)27-29-18-7-3-4-8-21(18)36-27/h1-8,12,17,20,24-25,32-34H,9-11,13-14H2,(H2,28,30,35)/t17-,20-,24-,25+/m1/s1. The van der Waals surface area contributed by atoms with E-state index in [0.717, 1.165) is 23.2 Å². The van der Waals surface area contributed by atoms with Gasteiger partial charge in [0.2, 0.25) is 0 Å². The average Bonchev–Trinajstić information content (AvgIpc) is 3.44. The van der Waals surface area contributed by atoms with Gasteiger partial charge in [0.25, 0.3) is 5.56 Å². The minimum atomic E-state index is -1.06. The second-order valence-corrected chi connectivity index (χ2v) is 10.6. The number of nitrogens with zero attached hydrogens (tertiary/aromatic N) is 2. The lowest BCUT2D eigenvalue weighted by Crippen LogP contribution is -2.36. The number of H-pyrrole nitrogens is 1. The van der Waals surface area contributed by atoms with E-state index >= 15 is 0 Å². The van der Waals surface area contributed by atoms with Crippen molar-refractivity contribution in [3.05, 3.63) is 76.1 Å². The molecule has 3 heterocycles. The van der Waals surface area contributed by atoms with Gasteiger partial charge in [-0.1, -0.05) is 36.4 Å². The molecule has 2 aromatic carbocycles. The minimum Gasteiger partial charge on any atom is -0.396 e. The molecule has 5 N–H and O–H groups in total. The topological polar surface area (TPSA) is 122 Å². The Hall–Kier alpha value is -3.24. The fourth-order valence-electron chi connectivity index (χ4n) is 5.37. The van der Waals surface area contributed by atoms with Crippen LogP contribution in [0.1, 0.15) is 17.5 Å². The quantitative estimate of drug-likeness (QED) is 0.283. The van der Waals surface area contributed by atoms with Gasteiger partial charge >= 0.3 is 0 Å². The number of thiazole rings is 1. The van der Waals surface area contributed by atoms with E-state index in [0.29, 0.717) is 35.0 Å². The van der Waals surface area contributed by atoms with Crippen LogP contribution in [0.2, 0.25) is 0 Å². The summed E-state index contributed by atoms with van der Waals surface area (Å²) in [7, 11) is 0. The van der Waals surface area contributed by atoms with Crippen LogP contribution in [0.3, 0.4) is 0 Å².